The molecule has 1 aromatic heterocycles. The highest BCUT2D eigenvalue weighted by molar-refractivity contribution is 7.89. The van der Waals surface area contributed by atoms with Crippen LogP contribution in [-0.4, -0.2) is 49.0 Å². The van der Waals surface area contributed by atoms with Gasteiger partial charge in [0, 0.05) is 12.6 Å². The molecule has 8 heteroatoms. The third kappa shape index (κ3) is 3.62. The van der Waals surface area contributed by atoms with Gasteiger partial charge in [-0.05, 0) is 25.9 Å². The summed E-state index contributed by atoms with van der Waals surface area (Å²) in [5.74, 6) is 0.0637. The maximum atomic E-state index is 12.2. The molecule has 1 fully saturated rings. The number of nitrogens with two attached hydrogens (primary N) is 1. The van der Waals surface area contributed by atoms with E-state index >= 15 is 0 Å². The highest BCUT2D eigenvalue weighted by atomic mass is 32.2. The standard InChI is InChI=1S/C11H19N5O2S/c1-2-16-5-3-4-9(8-16)15-19(17,18)10-6-13-11(12)14-7-10/h6-7,9,15H,2-5,8H2,1H3,(H2,12,13,14). The number of likely N-dealkylation sites (N-methyl/N-ethyl adjacent to an activating group) is 1. The van der Waals surface area contributed by atoms with Crippen molar-refractivity contribution in [3.8, 4) is 0 Å². The number of nitrogens with zero attached hydrogens (tertiary/aromatic N) is 3. The number of hydrogen-bond acceptors (Lipinski definition) is 6. The first-order valence-corrected chi connectivity index (χ1v) is 7.82. The maximum absolute atomic E-state index is 12.2. The summed E-state index contributed by atoms with van der Waals surface area (Å²) in [6.07, 6.45) is 4.31. The zero-order valence-corrected chi connectivity index (χ0v) is 11.7. The first-order valence-electron chi connectivity index (χ1n) is 6.33. The number of rotatable bonds is 4. The van der Waals surface area contributed by atoms with Crippen molar-refractivity contribution in [3.63, 3.8) is 0 Å². The van der Waals surface area contributed by atoms with E-state index in [0.717, 1.165) is 32.5 Å². The lowest BCUT2D eigenvalue weighted by Gasteiger charge is -2.31. The third-order valence-electron chi connectivity index (χ3n) is 3.23. The molecule has 0 saturated carbocycles. The molecule has 106 valence electrons. The molecule has 1 saturated heterocycles. The van der Waals surface area contributed by atoms with Crippen molar-refractivity contribution in [1.29, 1.82) is 0 Å². The lowest BCUT2D eigenvalue weighted by atomic mass is 10.1. The smallest absolute Gasteiger partial charge is 0.243 e. The molecular weight excluding hydrogens is 266 g/mol. The first-order chi connectivity index (χ1) is 9.01. The van der Waals surface area contributed by atoms with Crippen molar-refractivity contribution in [3.05, 3.63) is 12.4 Å². The SMILES string of the molecule is CCN1CCCC(NS(=O)(=O)c2cnc(N)nc2)C1. The van der Waals surface area contributed by atoms with Gasteiger partial charge in [-0.25, -0.2) is 23.1 Å². The Morgan fingerprint density at radius 2 is 2.16 bits per heavy atom. The number of aromatic nitrogens is 2. The largest absolute Gasteiger partial charge is 0.368 e. The van der Waals surface area contributed by atoms with Gasteiger partial charge in [0.2, 0.25) is 16.0 Å². The van der Waals surface area contributed by atoms with Crippen LogP contribution in [0, 0.1) is 0 Å². The summed E-state index contributed by atoms with van der Waals surface area (Å²) in [6.45, 7) is 4.78. The molecule has 3 N–H and O–H groups in total. The summed E-state index contributed by atoms with van der Waals surface area (Å²) in [5, 5.41) is 0. The van der Waals surface area contributed by atoms with Crippen LogP contribution in [-0.2, 0) is 10.0 Å². The number of hydrogen-bond donors (Lipinski definition) is 2. The Morgan fingerprint density at radius 1 is 1.47 bits per heavy atom. The Labute approximate surface area is 113 Å². The van der Waals surface area contributed by atoms with Crippen molar-refractivity contribution in [1.82, 2.24) is 19.6 Å². The summed E-state index contributed by atoms with van der Waals surface area (Å²) in [5.41, 5.74) is 5.35. The fourth-order valence-corrected chi connectivity index (χ4v) is 3.34. The van der Waals surface area contributed by atoms with Crippen molar-refractivity contribution in [2.24, 2.45) is 0 Å². The Kier molecular flexibility index (Phi) is 4.33. The van der Waals surface area contributed by atoms with E-state index < -0.39 is 10.0 Å². The molecule has 2 rings (SSSR count). The molecule has 1 aromatic rings. The molecule has 7 nitrogen and oxygen atoms in total. The number of likely N-dealkylation sites (tertiary alicyclic amines) is 1. The normalized spacial score (nSPS) is 21.4. The van der Waals surface area contributed by atoms with Gasteiger partial charge in [0.15, 0.2) is 0 Å². The first kappa shape index (κ1) is 14.2. The van der Waals surface area contributed by atoms with Gasteiger partial charge < -0.3 is 10.6 Å². The second-order valence-electron chi connectivity index (χ2n) is 4.63. The Balaban J connectivity index is 2.06. The average Bonchev–Trinajstić information content (AvgIpc) is 2.39. The molecule has 0 amide bonds. The van der Waals surface area contributed by atoms with E-state index in [1.807, 2.05) is 0 Å². The summed E-state index contributed by atoms with van der Waals surface area (Å²) in [6, 6.07) is -0.0590. The highest BCUT2D eigenvalue weighted by Gasteiger charge is 2.24. The van der Waals surface area contributed by atoms with E-state index in [-0.39, 0.29) is 16.9 Å². The van der Waals surface area contributed by atoms with Crippen LogP contribution in [0.3, 0.4) is 0 Å². The monoisotopic (exact) mass is 285 g/mol. The van der Waals surface area contributed by atoms with Gasteiger partial charge in [0.05, 0.1) is 12.4 Å². The zero-order chi connectivity index (χ0) is 13.9. The Bertz CT molecular complexity index is 516. The van der Waals surface area contributed by atoms with Gasteiger partial charge >= 0.3 is 0 Å². The Hall–Kier alpha value is -1.25. The molecule has 0 aliphatic carbocycles. The van der Waals surface area contributed by atoms with Gasteiger partial charge in [-0.15, -0.1) is 0 Å². The van der Waals surface area contributed by atoms with Crippen molar-refractivity contribution >= 4 is 16.0 Å². The van der Waals surface area contributed by atoms with E-state index in [4.69, 9.17) is 5.73 Å². The van der Waals surface area contributed by atoms with Gasteiger partial charge in [0.1, 0.15) is 4.90 Å². The summed E-state index contributed by atoms with van der Waals surface area (Å²) < 4.78 is 27.0. The minimum Gasteiger partial charge on any atom is -0.368 e. The molecule has 0 aromatic carbocycles. The lowest BCUT2D eigenvalue weighted by Crippen LogP contribution is -2.47. The zero-order valence-electron chi connectivity index (χ0n) is 10.9. The molecule has 0 spiro atoms. The minimum absolute atomic E-state index is 0.0512. The second kappa shape index (κ2) is 5.81. The van der Waals surface area contributed by atoms with Crippen LogP contribution in [0.1, 0.15) is 19.8 Å². The number of nitrogen functional groups attached to an aromatic ring is 1. The minimum atomic E-state index is -3.57. The second-order valence-corrected chi connectivity index (χ2v) is 6.34. The molecule has 2 heterocycles. The third-order valence-corrected chi connectivity index (χ3v) is 4.71. The molecule has 19 heavy (non-hydrogen) atoms. The molecule has 1 aliphatic heterocycles. The predicted molar refractivity (Wildman–Crippen MR) is 71.9 cm³/mol. The molecule has 1 unspecified atom stereocenters. The maximum Gasteiger partial charge on any atom is 0.243 e. The van der Waals surface area contributed by atoms with Crippen LogP contribution in [0.15, 0.2) is 17.3 Å². The van der Waals surface area contributed by atoms with Gasteiger partial charge in [-0.1, -0.05) is 6.92 Å². The number of sulfonamides is 1. The molecule has 0 bridgehead atoms. The van der Waals surface area contributed by atoms with Crippen LogP contribution < -0.4 is 10.5 Å². The molecular formula is C11H19N5O2S. The summed E-state index contributed by atoms with van der Waals surface area (Å²) >= 11 is 0. The van der Waals surface area contributed by atoms with E-state index in [0.29, 0.717) is 0 Å². The van der Waals surface area contributed by atoms with Crippen LogP contribution in [0.4, 0.5) is 5.95 Å². The van der Waals surface area contributed by atoms with E-state index in [2.05, 4.69) is 26.5 Å². The van der Waals surface area contributed by atoms with Gasteiger partial charge in [-0.3, -0.25) is 0 Å². The van der Waals surface area contributed by atoms with E-state index in [1.54, 1.807) is 0 Å². The van der Waals surface area contributed by atoms with Crippen LogP contribution >= 0.6 is 0 Å². The van der Waals surface area contributed by atoms with Crippen molar-refractivity contribution < 1.29 is 8.42 Å². The summed E-state index contributed by atoms with van der Waals surface area (Å²) in [4.78, 5) is 9.70. The summed E-state index contributed by atoms with van der Waals surface area (Å²) in [7, 11) is -3.57. The van der Waals surface area contributed by atoms with Crippen molar-refractivity contribution in [2.75, 3.05) is 25.4 Å². The number of nitrogens with one attached hydrogen (secondary N) is 1. The Morgan fingerprint density at radius 3 is 2.79 bits per heavy atom. The van der Waals surface area contributed by atoms with Crippen LogP contribution in [0.25, 0.3) is 0 Å². The number of anilines is 1. The highest BCUT2D eigenvalue weighted by Crippen LogP contribution is 2.13. The van der Waals surface area contributed by atoms with Gasteiger partial charge in [0.25, 0.3) is 0 Å². The predicted octanol–water partition coefficient (Wildman–Crippen LogP) is -0.179. The molecule has 1 atom stereocenters. The molecule has 1 aliphatic rings. The van der Waals surface area contributed by atoms with Crippen LogP contribution in [0.5, 0.6) is 0 Å². The van der Waals surface area contributed by atoms with E-state index in [9.17, 15) is 8.42 Å². The lowest BCUT2D eigenvalue weighted by molar-refractivity contribution is 0.211. The average molecular weight is 285 g/mol. The fourth-order valence-electron chi connectivity index (χ4n) is 2.19. The van der Waals surface area contributed by atoms with Crippen LogP contribution in [0.2, 0.25) is 0 Å². The molecule has 0 radical (unpaired) electrons. The van der Waals surface area contributed by atoms with E-state index in [1.165, 1.54) is 12.4 Å². The topological polar surface area (TPSA) is 101 Å². The number of piperidine rings is 1. The fraction of sp³-hybridized carbons (Fsp3) is 0.636. The van der Waals surface area contributed by atoms with Gasteiger partial charge in [-0.2, -0.15) is 0 Å². The van der Waals surface area contributed by atoms with Crippen molar-refractivity contribution in [2.45, 2.75) is 30.7 Å². The quantitative estimate of drug-likeness (QED) is 0.796.